The Morgan fingerprint density at radius 2 is 2.27 bits per heavy atom. The number of amides is 1. The van der Waals surface area contributed by atoms with Crippen LogP contribution in [0.3, 0.4) is 0 Å². The number of aromatic nitrogens is 3. The number of hydrogen-bond acceptors (Lipinski definition) is 6. The predicted octanol–water partition coefficient (Wildman–Crippen LogP) is 0.358. The number of hydrogen-bond donors (Lipinski definition) is 3. The summed E-state index contributed by atoms with van der Waals surface area (Å²) < 4.78 is 32.6. The molecule has 1 aromatic carbocycles. The second-order valence-electron chi connectivity index (χ2n) is 6.13. The minimum atomic E-state index is -3.78. The first kappa shape index (κ1) is 18.5. The third-order valence-corrected chi connectivity index (χ3v) is 5.44. The van der Waals surface area contributed by atoms with Crippen molar-refractivity contribution >= 4 is 15.9 Å². The number of H-pyrrole nitrogens is 1. The van der Waals surface area contributed by atoms with Crippen molar-refractivity contribution in [2.75, 3.05) is 19.8 Å². The molecule has 1 amide bonds. The molecule has 0 radical (unpaired) electrons. The van der Waals surface area contributed by atoms with E-state index in [9.17, 15) is 13.2 Å². The van der Waals surface area contributed by atoms with Crippen LogP contribution in [0.2, 0.25) is 0 Å². The van der Waals surface area contributed by atoms with Gasteiger partial charge >= 0.3 is 0 Å². The molecule has 26 heavy (non-hydrogen) atoms. The van der Waals surface area contributed by atoms with E-state index < -0.39 is 10.0 Å². The Morgan fingerprint density at radius 3 is 2.96 bits per heavy atom. The van der Waals surface area contributed by atoms with Gasteiger partial charge in [0.15, 0.2) is 5.82 Å². The van der Waals surface area contributed by atoms with Crippen LogP contribution >= 0.6 is 0 Å². The third-order valence-electron chi connectivity index (χ3n) is 4.05. The lowest BCUT2D eigenvalue weighted by atomic mass is 10.1. The van der Waals surface area contributed by atoms with Gasteiger partial charge in [-0.3, -0.25) is 9.89 Å². The number of aryl methyl sites for hydroxylation is 1. The van der Waals surface area contributed by atoms with Crippen LogP contribution in [-0.2, 0) is 21.3 Å². The molecule has 1 atom stereocenters. The van der Waals surface area contributed by atoms with Gasteiger partial charge in [-0.25, -0.2) is 18.1 Å². The van der Waals surface area contributed by atoms with Crippen LogP contribution in [-0.4, -0.2) is 49.3 Å². The number of rotatable bonds is 7. The number of aromatic amines is 1. The Balaban J connectivity index is 1.63. The summed E-state index contributed by atoms with van der Waals surface area (Å²) in [4.78, 5) is 16.3. The molecule has 140 valence electrons. The van der Waals surface area contributed by atoms with Crippen LogP contribution in [0.25, 0.3) is 0 Å². The molecule has 0 saturated carbocycles. The Kier molecular flexibility index (Phi) is 5.64. The molecule has 3 rings (SSSR count). The molecule has 1 aliphatic rings. The van der Waals surface area contributed by atoms with E-state index in [0.717, 1.165) is 6.42 Å². The highest BCUT2D eigenvalue weighted by atomic mass is 32.2. The lowest BCUT2D eigenvalue weighted by Crippen LogP contribution is -2.30. The molecule has 2 heterocycles. The zero-order valence-electron chi connectivity index (χ0n) is 14.4. The summed E-state index contributed by atoms with van der Waals surface area (Å²) in [5.41, 5.74) is 0.292. The Bertz CT molecular complexity index is 874. The minimum absolute atomic E-state index is 0.0154. The summed E-state index contributed by atoms with van der Waals surface area (Å²) in [5.74, 6) is 0.945. The highest BCUT2D eigenvalue weighted by Gasteiger charge is 2.19. The normalized spacial score (nSPS) is 17.3. The maximum Gasteiger partial charge on any atom is 0.251 e. The smallest absolute Gasteiger partial charge is 0.251 e. The van der Waals surface area contributed by atoms with Gasteiger partial charge in [0, 0.05) is 24.6 Å². The van der Waals surface area contributed by atoms with Crippen LogP contribution in [0.4, 0.5) is 0 Å². The fourth-order valence-electron chi connectivity index (χ4n) is 2.60. The molecular weight excluding hydrogens is 358 g/mol. The first-order chi connectivity index (χ1) is 12.4. The van der Waals surface area contributed by atoms with Crippen molar-refractivity contribution in [2.45, 2.75) is 24.8 Å². The largest absolute Gasteiger partial charge is 0.381 e. The molecule has 10 heteroatoms. The molecule has 0 bridgehead atoms. The first-order valence-electron chi connectivity index (χ1n) is 8.27. The summed E-state index contributed by atoms with van der Waals surface area (Å²) >= 11 is 0. The molecule has 1 fully saturated rings. The second kappa shape index (κ2) is 7.94. The first-order valence-corrected chi connectivity index (χ1v) is 9.76. The fraction of sp³-hybridized carbons (Fsp3) is 0.438. The highest BCUT2D eigenvalue weighted by molar-refractivity contribution is 7.89. The van der Waals surface area contributed by atoms with Gasteiger partial charge < -0.3 is 10.1 Å². The van der Waals surface area contributed by atoms with Gasteiger partial charge in [0.1, 0.15) is 5.82 Å². The zero-order chi connectivity index (χ0) is 18.6. The van der Waals surface area contributed by atoms with Gasteiger partial charge in [0.25, 0.3) is 5.91 Å². The maximum absolute atomic E-state index is 12.4. The average Bonchev–Trinajstić information content (AvgIpc) is 3.29. The van der Waals surface area contributed by atoms with E-state index >= 15 is 0 Å². The maximum atomic E-state index is 12.4. The average molecular weight is 379 g/mol. The van der Waals surface area contributed by atoms with Crippen LogP contribution in [0, 0.1) is 12.8 Å². The van der Waals surface area contributed by atoms with E-state index in [0.29, 0.717) is 42.9 Å². The quantitative estimate of drug-likeness (QED) is 0.638. The summed E-state index contributed by atoms with van der Waals surface area (Å²) in [6.45, 7) is 3.55. The number of sulfonamides is 1. The summed E-state index contributed by atoms with van der Waals surface area (Å²) in [7, 11) is -3.78. The van der Waals surface area contributed by atoms with Gasteiger partial charge in [0.2, 0.25) is 10.0 Å². The van der Waals surface area contributed by atoms with Gasteiger partial charge in [0.05, 0.1) is 18.0 Å². The minimum Gasteiger partial charge on any atom is -0.381 e. The molecule has 1 unspecified atom stereocenters. The molecule has 3 N–H and O–H groups in total. The van der Waals surface area contributed by atoms with E-state index in [4.69, 9.17) is 4.74 Å². The standard InChI is InChI=1S/C16H21N5O4S/c1-11-19-15(21-20-11)9-18-26(23,24)14-4-2-3-13(7-14)16(22)17-8-12-5-6-25-10-12/h2-4,7,12,18H,5-6,8-10H2,1H3,(H,17,22)(H,19,20,21). The number of nitrogens with zero attached hydrogens (tertiary/aromatic N) is 2. The van der Waals surface area contributed by atoms with Crippen molar-refractivity contribution in [1.29, 1.82) is 0 Å². The van der Waals surface area contributed by atoms with Gasteiger partial charge in [-0.05, 0) is 31.5 Å². The van der Waals surface area contributed by atoms with Crippen molar-refractivity contribution in [3.8, 4) is 0 Å². The SMILES string of the molecule is Cc1nc(CNS(=O)(=O)c2cccc(C(=O)NCC3CCOC3)c2)n[nH]1. The fourth-order valence-corrected chi connectivity index (χ4v) is 3.62. The van der Waals surface area contributed by atoms with E-state index in [1.54, 1.807) is 19.1 Å². The molecule has 1 aromatic heterocycles. The topological polar surface area (TPSA) is 126 Å². The van der Waals surface area contributed by atoms with E-state index in [1.165, 1.54) is 12.1 Å². The van der Waals surface area contributed by atoms with E-state index in [1.807, 2.05) is 0 Å². The van der Waals surface area contributed by atoms with Gasteiger partial charge in [-0.2, -0.15) is 5.10 Å². The number of nitrogens with one attached hydrogen (secondary N) is 3. The van der Waals surface area contributed by atoms with Gasteiger partial charge in [-0.1, -0.05) is 6.07 Å². The summed E-state index contributed by atoms with van der Waals surface area (Å²) in [6, 6.07) is 5.91. The third kappa shape index (κ3) is 4.65. The van der Waals surface area contributed by atoms with Crippen molar-refractivity contribution in [1.82, 2.24) is 25.2 Å². The van der Waals surface area contributed by atoms with E-state index in [-0.39, 0.29) is 17.3 Å². The van der Waals surface area contributed by atoms with Crippen molar-refractivity contribution in [2.24, 2.45) is 5.92 Å². The molecule has 1 saturated heterocycles. The highest BCUT2D eigenvalue weighted by Crippen LogP contribution is 2.14. The molecular formula is C16H21N5O4S. The summed E-state index contributed by atoms with van der Waals surface area (Å²) in [6.07, 6.45) is 0.916. The molecule has 2 aromatic rings. The number of benzene rings is 1. The van der Waals surface area contributed by atoms with Gasteiger partial charge in [-0.15, -0.1) is 0 Å². The zero-order valence-corrected chi connectivity index (χ0v) is 15.2. The summed E-state index contributed by atoms with van der Waals surface area (Å²) in [5, 5.41) is 9.35. The van der Waals surface area contributed by atoms with Crippen molar-refractivity contribution < 1.29 is 17.9 Å². The number of carbonyl (C=O) groups excluding carboxylic acids is 1. The molecule has 1 aliphatic heterocycles. The predicted molar refractivity (Wildman–Crippen MR) is 92.8 cm³/mol. The second-order valence-corrected chi connectivity index (χ2v) is 7.90. The van der Waals surface area contributed by atoms with Crippen LogP contribution < -0.4 is 10.0 Å². The molecule has 9 nitrogen and oxygen atoms in total. The molecule has 0 aliphatic carbocycles. The Morgan fingerprint density at radius 1 is 1.42 bits per heavy atom. The van der Waals surface area contributed by atoms with Crippen molar-refractivity contribution in [3.05, 3.63) is 41.5 Å². The lowest BCUT2D eigenvalue weighted by molar-refractivity contribution is 0.0944. The Labute approximate surface area is 151 Å². The monoisotopic (exact) mass is 379 g/mol. The molecule has 0 spiro atoms. The van der Waals surface area contributed by atoms with Crippen LogP contribution in [0.1, 0.15) is 28.4 Å². The lowest BCUT2D eigenvalue weighted by Gasteiger charge is -2.10. The van der Waals surface area contributed by atoms with E-state index in [2.05, 4.69) is 25.2 Å². The van der Waals surface area contributed by atoms with Crippen molar-refractivity contribution in [3.63, 3.8) is 0 Å². The van der Waals surface area contributed by atoms with Crippen LogP contribution in [0.5, 0.6) is 0 Å². The number of ether oxygens (including phenoxy) is 1. The van der Waals surface area contributed by atoms with Crippen LogP contribution in [0.15, 0.2) is 29.2 Å². The Hall–Kier alpha value is -2.30. The number of carbonyl (C=O) groups is 1.